The number of benzene rings is 1. The molecule has 0 fully saturated rings. The Morgan fingerprint density at radius 3 is 2.83 bits per heavy atom. The van der Waals surface area contributed by atoms with Gasteiger partial charge in [0.15, 0.2) is 0 Å². The van der Waals surface area contributed by atoms with Crippen molar-refractivity contribution in [2.75, 3.05) is 0 Å². The van der Waals surface area contributed by atoms with Gasteiger partial charge in [0.1, 0.15) is 5.82 Å². The van der Waals surface area contributed by atoms with E-state index in [1.54, 1.807) is 30.5 Å². The molecule has 0 bridgehead atoms. The highest BCUT2D eigenvalue weighted by atomic mass is 32.1. The van der Waals surface area contributed by atoms with E-state index in [0.717, 1.165) is 11.3 Å². The Kier molecular flexibility index (Phi) is 3.62. The normalized spacial score (nSPS) is 12.1. The summed E-state index contributed by atoms with van der Waals surface area (Å²) in [6.45, 7) is 1.87. The van der Waals surface area contributed by atoms with Crippen LogP contribution in [0.2, 0.25) is 0 Å². The summed E-state index contributed by atoms with van der Waals surface area (Å²) >= 11 is 4.45. The molecule has 5 heteroatoms. The molecule has 1 aromatic carbocycles. The Bertz CT molecular complexity index is 587. The number of aromatic nitrogens is 2. The molecule has 2 aromatic rings. The fourth-order valence-corrected chi connectivity index (χ4v) is 1.88. The van der Waals surface area contributed by atoms with Gasteiger partial charge in [-0.2, -0.15) is 12.6 Å². The van der Waals surface area contributed by atoms with Crippen molar-refractivity contribution >= 4 is 18.6 Å². The van der Waals surface area contributed by atoms with E-state index in [-0.39, 0.29) is 10.8 Å². The topological polar surface area (TPSA) is 63.1 Å². The monoisotopic (exact) mass is 260 g/mol. The molecular formula is C13H12N2O2S. The zero-order chi connectivity index (χ0) is 13.1. The molecule has 1 unspecified atom stereocenters. The third-order valence-electron chi connectivity index (χ3n) is 2.51. The van der Waals surface area contributed by atoms with E-state index in [4.69, 9.17) is 5.11 Å². The summed E-state index contributed by atoms with van der Waals surface area (Å²) in [5, 5.41) is 8.62. The third-order valence-corrected chi connectivity index (χ3v) is 3.04. The van der Waals surface area contributed by atoms with Gasteiger partial charge in [0, 0.05) is 11.9 Å². The van der Waals surface area contributed by atoms with Gasteiger partial charge in [0.2, 0.25) is 0 Å². The number of carboxylic acid groups (broad SMARTS) is 1. The minimum atomic E-state index is -0.956. The van der Waals surface area contributed by atoms with E-state index < -0.39 is 5.97 Å². The van der Waals surface area contributed by atoms with Crippen LogP contribution >= 0.6 is 12.6 Å². The number of aromatic carboxylic acids is 1. The third kappa shape index (κ3) is 2.68. The average molecular weight is 260 g/mol. The van der Waals surface area contributed by atoms with Gasteiger partial charge >= 0.3 is 5.97 Å². The van der Waals surface area contributed by atoms with Crippen molar-refractivity contribution in [1.29, 1.82) is 0 Å². The average Bonchev–Trinajstić information content (AvgIpc) is 2.38. The summed E-state index contributed by atoms with van der Waals surface area (Å²) in [6.07, 6.45) is 1.67. The predicted octanol–water partition coefficient (Wildman–Crippen LogP) is 2.50. The van der Waals surface area contributed by atoms with Crippen molar-refractivity contribution in [3.63, 3.8) is 0 Å². The molecule has 4 nitrogen and oxygen atoms in total. The van der Waals surface area contributed by atoms with Crippen LogP contribution < -0.4 is 0 Å². The summed E-state index contributed by atoms with van der Waals surface area (Å²) in [5.74, 6) is -0.386. The standard InChI is InChI=1S/C13H12N2O2S/c1-8-5-6-14-12(15-8)11(18)9-3-2-4-10(7-9)13(16)17/h2-7,11,18H,1H3,(H,16,17). The first-order valence-electron chi connectivity index (χ1n) is 5.39. The number of carbonyl (C=O) groups is 1. The summed E-state index contributed by atoms with van der Waals surface area (Å²) < 4.78 is 0. The largest absolute Gasteiger partial charge is 0.478 e. The molecule has 0 saturated heterocycles. The second kappa shape index (κ2) is 5.18. The van der Waals surface area contributed by atoms with E-state index >= 15 is 0 Å². The number of rotatable bonds is 3. The summed E-state index contributed by atoms with van der Waals surface area (Å²) in [6, 6.07) is 8.44. The van der Waals surface area contributed by atoms with Crippen LogP contribution in [0.1, 0.15) is 32.7 Å². The SMILES string of the molecule is Cc1ccnc(C(S)c2cccc(C(=O)O)c2)n1. The van der Waals surface area contributed by atoms with Gasteiger partial charge < -0.3 is 5.11 Å². The zero-order valence-electron chi connectivity index (χ0n) is 9.74. The first-order chi connectivity index (χ1) is 8.58. The second-order valence-electron chi connectivity index (χ2n) is 3.89. The lowest BCUT2D eigenvalue weighted by molar-refractivity contribution is 0.0697. The van der Waals surface area contributed by atoms with Gasteiger partial charge in [-0.25, -0.2) is 14.8 Å². The van der Waals surface area contributed by atoms with Crippen LogP contribution in [-0.4, -0.2) is 21.0 Å². The van der Waals surface area contributed by atoms with E-state index in [2.05, 4.69) is 22.6 Å². The maximum absolute atomic E-state index is 10.9. The highest BCUT2D eigenvalue weighted by Crippen LogP contribution is 2.26. The molecule has 1 N–H and O–H groups in total. The molecule has 1 heterocycles. The molecule has 0 aliphatic rings. The molecule has 1 atom stereocenters. The van der Waals surface area contributed by atoms with Gasteiger partial charge in [-0.15, -0.1) is 0 Å². The molecule has 0 aliphatic carbocycles. The molecule has 0 amide bonds. The minimum absolute atomic E-state index is 0.235. The predicted molar refractivity (Wildman–Crippen MR) is 71.0 cm³/mol. The van der Waals surface area contributed by atoms with Crippen molar-refractivity contribution < 1.29 is 9.90 Å². The molecular weight excluding hydrogens is 248 g/mol. The number of carboxylic acids is 1. The van der Waals surface area contributed by atoms with Crippen molar-refractivity contribution in [3.05, 3.63) is 59.2 Å². The van der Waals surface area contributed by atoms with E-state index in [9.17, 15) is 4.79 Å². The number of aryl methyl sites for hydroxylation is 1. The zero-order valence-corrected chi connectivity index (χ0v) is 10.6. The molecule has 92 valence electrons. The number of hydrogen-bond acceptors (Lipinski definition) is 4. The Morgan fingerprint density at radius 2 is 2.17 bits per heavy atom. The van der Waals surface area contributed by atoms with Crippen molar-refractivity contribution in [2.24, 2.45) is 0 Å². The molecule has 0 saturated carbocycles. The molecule has 2 rings (SSSR count). The van der Waals surface area contributed by atoms with Gasteiger partial charge in [-0.05, 0) is 30.7 Å². The molecule has 0 aliphatic heterocycles. The molecule has 1 aromatic heterocycles. The van der Waals surface area contributed by atoms with Gasteiger partial charge in [-0.1, -0.05) is 12.1 Å². The lowest BCUT2D eigenvalue weighted by atomic mass is 10.1. The maximum Gasteiger partial charge on any atom is 0.335 e. The van der Waals surface area contributed by atoms with Crippen molar-refractivity contribution in [1.82, 2.24) is 9.97 Å². The summed E-state index contributed by atoms with van der Waals surface area (Å²) in [5.41, 5.74) is 1.86. The summed E-state index contributed by atoms with van der Waals surface area (Å²) in [7, 11) is 0. The van der Waals surface area contributed by atoms with Crippen LogP contribution in [0, 0.1) is 6.92 Å². The van der Waals surface area contributed by atoms with Crippen LogP contribution in [0.3, 0.4) is 0 Å². The highest BCUT2D eigenvalue weighted by Gasteiger charge is 2.14. The number of thiol groups is 1. The lowest BCUT2D eigenvalue weighted by Crippen LogP contribution is -2.03. The van der Waals surface area contributed by atoms with Crippen molar-refractivity contribution in [3.8, 4) is 0 Å². The number of nitrogens with zero attached hydrogens (tertiary/aromatic N) is 2. The fraction of sp³-hybridized carbons (Fsp3) is 0.154. The smallest absolute Gasteiger partial charge is 0.335 e. The van der Waals surface area contributed by atoms with Crippen LogP contribution in [0.4, 0.5) is 0 Å². The Morgan fingerprint density at radius 1 is 1.39 bits per heavy atom. The van der Waals surface area contributed by atoms with Gasteiger partial charge in [0.25, 0.3) is 0 Å². The first-order valence-corrected chi connectivity index (χ1v) is 5.90. The first kappa shape index (κ1) is 12.6. The van der Waals surface area contributed by atoms with Crippen LogP contribution in [-0.2, 0) is 0 Å². The lowest BCUT2D eigenvalue weighted by Gasteiger charge is -2.10. The van der Waals surface area contributed by atoms with E-state index in [0.29, 0.717) is 5.82 Å². The van der Waals surface area contributed by atoms with Crippen LogP contribution in [0.5, 0.6) is 0 Å². The van der Waals surface area contributed by atoms with Crippen molar-refractivity contribution in [2.45, 2.75) is 12.2 Å². The Labute approximate surface area is 110 Å². The van der Waals surface area contributed by atoms with E-state index in [1.807, 2.05) is 13.0 Å². The van der Waals surface area contributed by atoms with E-state index in [1.165, 1.54) is 0 Å². The van der Waals surface area contributed by atoms with Crippen LogP contribution in [0.15, 0.2) is 36.5 Å². The maximum atomic E-state index is 10.9. The summed E-state index contributed by atoms with van der Waals surface area (Å²) in [4.78, 5) is 19.4. The number of hydrogen-bond donors (Lipinski definition) is 2. The Hall–Kier alpha value is -1.88. The van der Waals surface area contributed by atoms with Crippen LogP contribution in [0.25, 0.3) is 0 Å². The fourth-order valence-electron chi connectivity index (χ4n) is 1.59. The second-order valence-corrected chi connectivity index (χ2v) is 4.41. The molecule has 0 radical (unpaired) electrons. The molecule has 18 heavy (non-hydrogen) atoms. The molecule has 0 spiro atoms. The van der Waals surface area contributed by atoms with Gasteiger partial charge in [0.05, 0.1) is 10.8 Å². The quantitative estimate of drug-likeness (QED) is 0.832. The highest BCUT2D eigenvalue weighted by molar-refractivity contribution is 7.80. The minimum Gasteiger partial charge on any atom is -0.478 e. The Balaban J connectivity index is 2.36. The van der Waals surface area contributed by atoms with Gasteiger partial charge in [-0.3, -0.25) is 0 Å².